The van der Waals surface area contributed by atoms with Gasteiger partial charge in [-0.1, -0.05) is 6.07 Å². The molecule has 0 spiro atoms. The van der Waals surface area contributed by atoms with E-state index in [1.54, 1.807) is 0 Å². The van der Waals surface area contributed by atoms with Gasteiger partial charge < -0.3 is 10.2 Å². The molecule has 1 fully saturated rings. The first-order valence-corrected chi connectivity index (χ1v) is 6.51. The van der Waals surface area contributed by atoms with Gasteiger partial charge in [0, 0.05) is 16.8 Å². The third-order valence-electron chi connectivity index (χ3n) is 3.57. The number of likely N-dealkylation sites (N-methyl/N-ethyl adjacent to an activating group) is 1. The highest BCUT2D eigenvalue weighted by Crippen LogP contribution is 2.29. The molecule has 84 valence electrons. The molecule has 0 unspecified atom stereocenters. The summed E-state index contributed by atoms with van der Waals surface area (Å²) in [6.07, 6.45) is 3.73. The molecule has 1 N–H and O–H groups in total. The highest BCUT2D eigenvalue weighted by Gasteiger charge is 2.34. The summed E-state index contributed by atoms with van der Waals surface area (Å²) in [7, 11) is 4.44. The lowest BCUT2D eigenvalue weighted by Crippen LogP contribution is -2.52. The van der Waals surface area contributed by atoms with Crippen LogP contribution in [0.15, 0.2) is 17.5 Å². The van der Waals surface area contributed by atoms with E-state index in [-0.39, 0.29) is 0 Å². The first kappa shape index (κ1) is 11.1. The normalized spacial score (nSPS) is 20.7. The minimum absolute atomic E-state index is 0.385. The molecule has 0 aromatic carbocycles. The second-order valence-electron chi connectivity index (χ2n) is 4.62. The Balaban J connectivity index is 2.11. The van der Waals surface area contributed by atoms with Crippen molar-refractivity contribution in [1.29, 1.82) is 0 Å². The maximum Gasteiger partial charge on any atom is 0.0275 e. The highest BCUT2D eigenvalue weighted by molar-refractivity contribution is 7.09. The second kappa shape index (κ2) is 4.64. The topological polar surface area (TPSA) is 15.3 Å². The number of nitrogens with zero attached hydrogens (tertiary/aromatic N) is 1. The summed E-state index contributed by atoms with van der Waals surface area (Å²) in [5.74, 6) is 0. The quantitative estimate of drug-likeness (QED) is 0.844. The predicted octanol–water partition coefficient (Wildman–Crippen LogP) is 1.97. The average Bonchev–Trinajstić information content (AvgIpc) is 2.71. The molecule has 0 aliphatic carbocycles. The third-order valence-corrected chi connectivity index (χ3v) is 4.44. The molecule has 0 atom stereocenters. The van der Waals surface area contributed by atoms with Crippen molar-refractivity contribution in [3.05, 3.63) is 22.4 Å². The Morgan fingerprint density at radius 3 is 2.67 bits per heavy atom. The summed E-state index contributed by atoms with van der Waals surface area (Å²) >= 11 is 1.89. The zero-order valence-corrected chi connectivity index (χ0v) is 10.4. The van der Waals surface area contributed by atoms with Crippen molar-refractivity contribution in [2.75, 3.05) is 27.2 Å². The first-order chi connectivity index (χ1) is 7.23. The highest BCUT2D eigenvalue weighted by atomic mass is 32.1. The molecule has 3 heteroatoms. The van der Waals surface area contributed by atoms with Crippen LogP contribution < -0.4 is 5.32 Å². The largest absolute Gasteiger partial charge is 0.317 e. The van der Waals surface area contributed by atoms with E-state index >= 15 is 0 Å². The number of hydrogen-bond donors (Lipinski definition) is 1. The minimum Gasteiger partial charge on any atom is -0.317 e. The van der Waals surface area contributed by atoms with E-state index in [9.17, 15) is 0 Å². The fraction of sp³-hybridized carbons (Fsp3) is 0.667. The van der Waals surface area contributed by atoms with Gasteiger partial charge in [0.15, 0.2) is 0 Å². The molecule has 0 amide bonds. The van der Waals surface area contributed by atoms with Crippen LogP contribution in [0.4, 0.5) is 0 Å². The van der Waals surface area contributed by atoms with E-state index in [0.717, 1.165) is 13.1 Å². The van der Waals surface area contributed by atoms with Crippen LogP contribution in [0.25, 0.3) is 0 Å². The molecule has 2 heterocycles. The zero-order valence-electron chi connectivity index (χ0n) is 9.62. The maximum atomic E-state index is 3.45. The Hall–Kier alpha value is -0.380. The summed E-state index contributed by atoms with van der Waals surface area (Å²) < 4.78 is 0. The average molecular weight is 224 g/mol. The van der Waals surface area contributed by atoms with Crippen LogP contribution >= 0.6 is 11.3 Å². The van der Waals surface area contributed by atoms with Crippen LogP contribution in [-0.2, 0) is 6.42 Å². The third kappa shape index (κ3) is 2.41. The van der Waals surface area contributed by atoms with E-state index in [0.29, 0.717) is 5.54 Å². The van der Waals surface area contributed by atoms with Gasteiger partial charge in [0.2, 0.25) is 0 Å². The fourth-order valence-corrected chi connectivity index (χ4v) is 3.25. The van der Waals surface area contributed by atoms with Crippen molar-refractivity contribution >= 4 is 11.3 Å². The Labute approximate surface area is 96.3 Å². The number of nitrogens with one attached hydrogen (secondary N) is 1. The van der Waals surface area contributed by atoms with Crippen molar-refractivity contribution in [1.82, 2.24) is 10.2 Å². The van der Waals surface area contributed by atoms with Crippen molar-refractivity contribution in [2.45, 2.75) is 24.8 Å². The van der Waals surface area contributed by atoms with Crippen LogP contribution in [0.1, 0.15) is 17.7 Å². The molecular weight excluding hydrogens is 204 g/mol. The van der Waals surface area contributed by atoms with E-state index in [1.807, 2.05) is 11.3 Å². The Bertz CT molecular complexity index is 287. The van der Waals surface area contributed by atoms with Crippen molar-refractivity contribution in [3.8, 4) is 0 Å². The van der Waals surface area contributed by atoms with Crippen LogP contribution in [-0.4, -0.2) is 37.6 Å². The SMILES string of the molecule is CN(C)C1(Cc2cccs2)CCNCC1. The number of hydrogen-bond acceptors (Lipinski definition) is 3. The van der Waals surface area contributed by atoms with Gasteiger partial charge in [0.1, 0.15) is 0 Å². The Morgan fingerprint density at radius 2 is 2.13 bits per heavy atom. The Morgan fingerprint density at radius 1 is 1.40 bits per heavy atom. The number of piperidine rings is 1. The smallest absolute Gasteiger partial charge is 0.0275 e. The molecule has 1 aliphatic heterocycles. The van der Waals surface area contributed by atoms with Crippen molar-refractivity contribution in [2.24, 2.45) is 0 Å². The first-order valence-electron chi connectivity index (χ1n) is 5.63. The van der Waals surface area contributed by atoms with Gasteiger partial charge in [0.25, 0.3) is 0 Å². The zero-order chi connectivity index (χ0) is 10.7. The summed E-state index contributed by atoms with van der Waals surface area (Å²) in [4.78, 5) is 3.94. The lowest BCUT2D eigenvalue weighted by Gasteiger charge is -2.43. The van der Waals surface area contributed by atoms with Crippen molar-refractivity contribution in [3.63, 3.8) is 0 Å². The van der Waals surface area contributed by atoms with E-state index in [1.165, 1.54) is 24.1 Å². The molecule has 2 nitrogen and oxygen atoms in total. The lowest BCUT2D eigenvalue weighted by molar-refractivity contribution is 0.109. The Kier molecular flexibility index (Phi) is 3.44. The van der Waals surface area contributed by atoms with E-state index in [2.05, 4.69) is 41.8 Å². The monoisotopic (exact) mass is 224 g/mol. The van der Waals surface area contributed by atoms with Gasteiger partial charge in [-0.2, -0.15) is 0 Å². The van der Waals surface area contributed by atoms with Crippen LogP contribution in [0.3, 0.4) is 0 Å². The van der Waals surface area contributed by atoms with Gasteiger partial charge in [-0.05, 0) is 51.5 Å². The minimum atomic E-state index is 0.385. The number of rotatable bonds is 3. The molecule has 1 saturated heterocycles. The lowest BCUT2D eigenvalue weighted by atomic mass is 9.83. The molecule has 0 bridgehead atoms. The molecule has 1 aromatic rings. The van der Waals surface area contributed by atoms with Crippen LogP contribution in [0.5, 0.6) is 0 Å². The molecule has 1 aliphatic rings. The molecular formula is C12H20N2S. The van der Waals surface area contributed by atoms with E-state index in [4.69, 9.17) is 0 Å². The molecule has 15 heavy (non-hydrogen) atoms. The van der Waals surface area contributed by atoms with Gasteiger partial charge >= 0.3 is 0 Å². The summed E-state index contributed by atoms with van der Waals surface area (Å²) in [5, 5.41) is 5.63. The summed E-state index contributed by atoms with van der Waals surface area (Å²) in [5.41, 5.74) is 0.385. The summed E-state index contributed by atoms with van der Waals surface area (Å²) in [6.45, 7) is 2.31. The molecule has 0 saturated carbocycles. The molecule has 1 aromatic heterocycles. The van der Waals surface area contributed by atoms with Gasteiger partial charge in [0.05, 0.1) is 0 Å². The van der Waals surface area contributed by atoms with Gasteiger partial charge in [-0.3, -0.25) is 0 Å². The van der Waals surface area contributed by atoms with Gasteiger partial charge in [-0.25, -0.2) is 0 Å². The summed E-state index contributed by atoms with van der Waals surface area (Å²) in [6, 6.07) is 4.42. The van der Waals surface area contributed by atoms with Crippen LogP contribution in [0.2, 0.25) is 0 Å². The second-order valence-corrected chi connectivity index (χ2v) is 5.66. The standard InChI is InChI=1S/C12H20N2S/c1-14(2)12(5-7-13-8-6-12)10-11-4-3-9-15-11/h3-4,9,13H,5-8,10H2,1-2H3. The fourth-order valence-electron chi connectivity index (χ4n) is 2.41. The predicted molar refractivity (Wildman–Crippen MR) is 66.5 cm³/mol. The van der Waals surface area contributed by atoms with Crippen molar-refractivity contribution < 1.29 is 0 Å². The maximum absolute atomic E-state index is 3.45. The molecule has 0 radical (unpaired) electrons. The number of thiophene rings is 1. The van der Waals surface area contributed by atoms with Crippen LogP contribution in [0, 0.1) is 0 Å². The van der Waals surface area contributed by atoms with Gasteiger partial charge in [-0.15, -0.1) is 11.3 Å². The van der Waals surface area contributed by atoms with E-state index < -0.39 is 0 Å². The molecule has 2 rings (SSSR count).